The summed E-state index contributed by atoms with van der Waals surface area (Å²) in [4.78, 5) is 4.53. The largest absolute Gasteiger partial charge is 0.378 e. The minimum atomic E-state index is 0.253. The number of rotatable bonds is 3. The fraction of sp³-hybridized carbons (Fsp3) is 0.333. The van der Waals surface area contributed by atoms with Gasteiger partial charge in [0.25, 0.3) is 0 Å². The third kappa shape index (κ3) is 2.72. The van der Waals surface area contributed by atoms with Gasteiger partial charge in [-0.1, -0.05) is 18.2 Å². The molecule has 1 aliphatic rings. The number of nitrogens with zero attached hydrogens (tertiary/aromatic N) is 2. The highest BCUT2D eigenvalue weighted by molar-refractivity contribution is 5.82. The summed E-state index contributed by atoms with van der Waals surface area (Å²) in [6.45, 7) is 3.00. The van der Waals surface area contributed by atoms with Crippen LogP contribution in [0.2, 0.25) is 0 Å². The Morgan fingerprint density at radius 2 is 2.35 bits per heavy atom. The lowest BCUT2D eigenvalue weighted by atomic mass is 10.1. The highest BCUT2D eigenvalue weighted by Gasteiger charge is 2.14. The second-order valence-electron chi connectivity index (χ2n) is 4.80. The van der Waals surface area contributed by atoms with E-state index in [0.717, 1.165) is 24.1 Å². The molecule has 1 saturated heterocycles. The molecule has 1 atom stereocenters. The second-order valence-corrected chi connectivity index (χ2v) is 4.80. The van der Waals surface area contributed by atoms with Crippen molar-refractivity contribution in [2.24, 2.45) is 0 Å². The molecule has 1 aromatic heterocycles. The van der Waals surface area contributed by atoms with Gasteiger partial charge in [0.15, 0.2) is 0 Å². The summed E-state index contributed by atoms with van der Waals surface area (Å²) in [5.41, 5.74) is 1.46. The van der Waals surface area contributed by atoms with E-state index in [2.05, 4.69) is 21.7 Å². The molecule has 1 aromatic carbocycles. The maximum absolute atomic E-state index is 9.24. The van der Waals surface area contributed by atoms with Gasteiger partial charge in [-0.15, -0.1) is 0 Å². The van der Waals surface area contributed by atoms with Crippen molar-refractivity contribution in [3.63, 3.8) is 0 Å². The molecule has 0 saturated carbocycles. The molecule has 2 N–H and O–H groups in total. The molecule has 1 unspecified atom stereocenters. The number of fused-ring (bicyclic) bond motifs is 1. The number of morpholine rings is 1. The first kappa shape index (κ1) is 12.9. The molecule has 0 amide bonds. The normalized spacial score (nSPS) is 18.6. The minimum Gasteiger partial charge on any atom is -0.378 e. The average molecular weight is 268 g/mol. The van der Waals surface area contributed by atoms with Gasteiger partial charge >= 0.3 is 0 Å². The summed E-state index contributed by atoms with van der Waals surface area (Å²) in [5.74, 6) is 0.638. The highest BCUT2D eigenvalue weighted by atomic mass is 16.5. The molecule has 5 nitrogen and oxygen atoms in total. The van der Waals surface area contributed by atoms with E-state index in [0.29, 0.717) is 24.5 Å². The van der Waals surface area contributed by atoms with Gasteiger partial charge in [-0.25, -0.2) is 4.98 Å². The molecule has 0 bridgehead atoms. The Hall–Kier alpha value is -2.16. The van der Waals surface area contributed by atoms with E-state index in [4.69, 9.17) is 4.74 Å². The first-order chi connectivity index (χ1) is 9.86. The van der Waals surface area contributed by atoms with Crippen LogP contribution in [0.25, 0.3) is 10.9 Å². The van der Waals surface area contributed by atoms with Gasteiger partial charge in [0.2, 0.25) is 0 Å². The number of hydrogen-bond donors (Lipinski definition) is 2. The van der Waals surface area contributed by atoms with Crippen LogP contribution in [0.5, 0.6) is 0 Å². The van der Waals surface area contributed by atoms with Crippen LogP contribution >= 0.6 is 0 Å². The SMILES string of the molecule is N#Cc1cc2ccccc2nc1NCC1COCCN1. The molecule has 0 spiro atoms. The van der Waals surface area contributed by atoms with Crippen molar-refractivity contribution in [3.05, 3.63) is 35.9 Å². The molecule has 0 aliphatic carbocycles. The number of pyridine rings is 1. The van der Waals surface area contributed by atoms with Gasteiger partial charge in [0.05, 0.1) is 24.3 Å². The smallest absolute Gasteiger partial charge is 0.144 e. The lowest BCUT2D eigenvalue weighted by Gasteiger charge is -2.24. The zero-order valence-electron chi connectivity index (χ0n) is 11.1. The van der Waals surface area contributed by atoms with Gasteiger partial charge in [0.1, 0.15) is 11.9 Å². The topological polar surface area (TPSA) is 70.0 Å². The number of ether oxygens (including phenoxy) is 1. The highest BCUT2D eigenvalue weighted by Crippen LogP contribution is 2.19. The molecule has 1 fully saturated rings. The van der Waals surface area contributed by atoms with Crippen LogP contribution < -0.4 is 10.6 Å². The molecule has 2 heterocycles. The van der Waals surface area contributed by atoms with Crippen molar-refractivity contribution in [3.8, 4) is 6.07 Å². The number of benzene rings is 1. The lowest BCUT2D eigenvalue weighted by molar-refractivity contribution is 0.0806. The van der Waals surface area contributed by atoms with Crippen LogP contribution in [-0.4, -0.2) is 37.3 Å². The van der Waals surface area contributed by atoms with Crippen molar-refractivity contribution in [2.75, 3.05) is 31.6 Å². The summed E-state index contributed by atoms with van der Waals surface area (Å²) in [5, 5.41) is 16.8. The quantitative estimate of drug-likeness (QED) is 0.883. The van der Waals surface area contributed by atoms with Gasteiger partial charge < -0.3 is 15.4 Å². The molecule has 3 rings (SSSR count). The predicted octanol–water partition coefficient (Wildman–Crippen LogP) is 1.51. The number of para-hydroxylation sites is 1. The van der Waals surface area contributed by atoms with E-state index < -0.39 is 0 Å². The van der Waals surface area contributed by atoms with Crippen LogP contribution in [0.4, 0.5) is 5.82 Å². The van der Waals surface area contributed by atoms with Crippen LogP contribution in [-0.2, 0) is 4.74 Å². The molecular weight excluding hydrogens is 252 g/mol. The first-order valence-corrected chi connectivity index (χ1v) is 6.72. The van der Waals surface area contributed by atoms with Crippen molar-refractivity contribution >= 4 is 16.7 Å². The molecule has 1 aliphatic heterocycles. The zero-order valence-corrected chi connectivity index (χ0v) is 11.1. The van der Waals surface area contributed by atoms with Crippen LogP contribution in [0, 0.1) is 11.3 Å². The van der Waals surface area contributed by atoms with E-state index in [1.54, 1.807) is 0 Å². The first-order valence-electron chi connectivity index (χ1n) is 6.72. The molecule has 102 valence electrons. The van der Waals surface area contributed by atoms with Crippen LogP contribution in [0.3, 0.4) is 0 Å². The van der Waals surface area contributed by atoms with E-state index in [-0.39, 0.29) is 6.04 Å². The van der Waals surface area contributed by atoms with E-state index in [1.807, 2.05) is 30.3 Å². The van der Waals surface area contributed by atoms with Crippen LogP contribution in [0.15, 0.2) is 30.3 Å². The van der Waals surface area contributed by atoms with E-state index in [9.17, 15) is 5.26 Å². The molecule has 20 heavy (non-hydrogen) atoms. The molecule has 0 radical (unpaired) electrons. The van der Waals surface area contributed by atoms with Gasteiger partial charge in [-0.05, 0) is 12.1 Å². The average Bonchev–Trinajstić information content (AvgIpc) is 2.53. The van der Waals surface area contributed by atoms with E-state index in [1.165, 1.54) is 0 Å². The second kappa shape index (κ2) is 5.87. The third-order valence-electron chi connectivity index (χ3n) is 3.36. The van der Waals surface area contributed by atoms with Gasteiger partial charge in [-0.2, -0.15) is 5.26 Å². The third-order valence-corrected chi connectivity index (χ3v) is 3.36. The molecular formula is C15H16N4O. The summed E-state index contributed by atoms with van der Waals surface area (Å²) >= 11 is 0. The van der Waals surface area contributed by atoms with E-state index >= 15 is 0 Å². The summed E-state index contributed by atoms with van der Waals surface area (Å²) in [6.07, 6.45) is 0. The molecule has 5 heteroatoms. The molecule has 2 aromatic rings. The summed E-state index contributed by atoms with van der Waals surface area (Å²) in [7, 11) is 0. The lowest BCUT2D eigenvalue weighted by Crippen LogP contribution is -2.45. The van der Waals surface area contributed by atoms with Crippen molar-refractivity contribution < 1.29 is 4.74 Å². The number of hydrogen-bond acceptors (Lipinski definition) is 5. The zero-order chi connectivity index (χ0) is 13.8. The predicted molar refractivity (Wildman–Crippen MR) is 77.6 cm³/mol. The fourth-order valence-electron chi connectivity index (χ4n) is 2.31. The monoisotopic (exact) mass is 268 g/mol. The Morgan fingerprint density at radius 3 is 3.15 bits per heavy atom. The number of nitriles is 1. The minimum absolute atomic E-state index is 0.253. The summed E-state index contributed by atoms with van der Waals surface area (Å²) in [6, 6.07) is 12.1. The standard InChI is InChI=1S/C15H16N4O/c16-8-12-7-11-3-1-2-4-14(11)19-15(12)18-9-13-10-20-6-5-17-13/h1-4,7,13,17H,5-6,9-10H2,(H,18,19). The Kier molecular flexibility index (Phi) is 3.77. The number of nitrogens with one attached hydrogen (secondary N) is 2. The van der Waals surface area contributed by atoms with Gasteiger partial charge in [0, 0.05) is 24.5 Å². The number of aromatic nitrogens is 1. The van der Waals surface area contributed by atoms with Gasteiger partial charge in [-0.3, -0.25) is 0 Å². The summed E-state index contributed by atoms with van der Waals surface area (Å²) < 4.78 is 5.41. The van der Waals surface area contributed by atoms with Crippen molar-refractivity contribution in [2.45, 2.75) is 6.04 Å². The Morgan fingerprint density at radius 1 is 1.45 bits per heavy atom. The Balaban J connectivity index is 1.80. The van der Waals surface area contributed by atoms with Crippen molar-refractivity contribution in [1.82, 2.24) is 10.3 Å². The van der Waals surface area contributed by atoms with Crippen molar-refractivity contribution in [1.29, 1.82) is 5.26 Å². The Labute approximate surface area is 117 Å². The number of anilines is 1. The Bertz CT molecular complexity index is 644. The van der Waals surface area contributed by atoms with Crippen LogP contribution in [0.1, 0.15) is 5.56 Å². The maximum Gasteiger partial charge on any atom is 0.144 e. The maximum atomic E-state index is 9.24. The fourth-order valence-corrected chi connectivity index (χ4v) is 2.31.